The van der Waals surface area contributed by atoms with Gasteiger partial charge in [0.1, 0.15) is 0 Å². The molecule has 0 radical (unpaired) electrons. The summed E-state index contributed by atoms with van der Waals surface area (Å²) in [7, 11) is -2.12. The number of rotatable bonds is 6. The fourth-order valence-corrected chi connectivity index (χ4v) is 4.33. The summed E-state index contributed by atoms with van der Waals surface area (Å²) in [6, 6.07) is 12.3. The maximum atomic E-state index is 13.4. The van der Waals surface area contributed by atoms with Gasteiger partial charge in [-0.1, -0.05) is 12.1 Å². The van der Waals surface area contributed by atoms with E-state index in [1.165, 1.54) is 41.8 Å². The molecule has 160 valence electrons. The van der Waals surface area contributed by atoms with Crippen molar-refractivity contribution in [2.45, 2.75) is 22.6 Å². The average molecular weight is 457 g/mol. The first-order chi connectivity index (χ1) is 14.0. The van der Waals surface area contributed by atoms with Gasteiger partial charge in [-0.3, -0.25) is 0 Å². The van der Waals surface area contributed by atoms with Crippen LogP contribution in [-0.4, -0.2) is 37.8 Å². The van der Waals surface area contributed by atoms with Crippen LogP contribution in [0.5, 0.6) is 0 Å². The molecule has 0 atom stereocenters. The highest BCUT2D eigenvalue weighted by Crippen LogP contribution is 2.34. The molecule has 10 heteroatoms. The summed E-state index contributed by atoms with van der Waals surface area (Å²) in [6.07, 6.45) is -1.65. The van der Waals surface area contributed by atoms with Gasteiger partial charge in [0, 0.05) is 23.8 Å². The van der Waals surface area contributed by atoms with Crippen molar-refractivity contribution in [1.29, 1.82) is 0 Å². The summed E-state index contributed by atoms with van der Waals surface area (Å²) < 4.78 is 70.4. The van der Waals surface area contributed by atoms with Crippen LogP contribution in [0, 0.1) is 0 Å². The smallest absolute Gasteiger partial charge is 0.380 e. The molecule has 0 saturated carbocycles. The van der Waals surface area contributed by atoms with Gasteiger partial charge in [-0.25, -0.2) is 13.1 Å². The van der Waals surface area contributed by atoms with Crippen LogP contribution in [0.25, 0.3) is 16.9 Å². The van der Waals surface area contributed by atoms with E-state index < -0.39 is 21.7 Å². The lowest BCUT2D eigenvalue weighted by Crippen LogP contribution is -2.09. The van der Waals surface area contributed by atoms with Crippen molar-refractivity contribution in [1.82, 2.24) is 9.78 Å². The van der Waals surface area contributed by atoms with Crippen molar-refractivity contribution < 1.29 is 26.3 Å². The van der Waals surface area contributed by atoms with Crippen LogP contribution in [0.4, 0.5) is 13.2 Å². The number of halogens is 3. The number of methoxy groups -OCH3 is 1. The molecule has 5 nitrogen and oxygen atoms in total. The molecule has 0 bridgehead atoms. The second kappa shape index (κ2) is 8.44. The van der Waals surface area contributed by atoms with Crippen molar-refractivity contribution >= 4 is 21.6 Å². The zero-order valence-electron chi connectivity index (χ0n) is 16.4. The summed E-state index contributed by atoms with van der Waals surface area (Å²) in [4.78, 5) is 1.03. The van der Waals surface area contributed by atoms with Crippen LogP contribution < -0.4 is 0 Å². The number of benzene rings is 2. The molecule has 1 aromatic heterocycles. The van der Waals surface area contributed by atoms with Crippen LogP contribution >= 0.6 is 11.8 Å². The van der Waals surface area contributed by atoms with Crippen LogP contribution in [0.2, 0.25) is 0 Å². The molecule has 0 spiro atoms. The lowest BCUT2D eigenvalue weighted by molar-refractivity contribution is -0.141. The number of alkyl halides is 3. The minimum Gasteiger partial charge on any atom is -0.380 e. The standard InChI is InChI=1S/C20H19F3N2O3S2/c1-28-12-14-10-15(6-9-18(14)30(3,26)27)25-17(11-19(24-25)20(21,22)23)13-4-7-16(29-2)8-5-13/h4-11H,12H2,1-3H3. The van der Waals surface area contributed by atoms with E-state index in [1.807, 2.05) is 18.4 Å². The van der Waals surface area contributed by atoms with Gasteiger partial charge in [-0.2, -0.15) is 18.3 Å². The predicted octanol–water partition coefficient (Wildman–Crippen LogP) is 4.83. The van der Waals surface area contributed by atoms with Crippen LogP contribution in [-0.2, 0) is 27.4 Å². The molecule has 0 aliphatic heterocycles. The van der Waals surface area contributed by atoms with Gasteiger partial charge in [0.05, 0.1) is 22.9 Å². The maximum absolute atomic E-state index is 13.4. The number of aromatic nitrogens is 2. The van der Waals surface area contributed by atoms with E-state index in [9.17, 15) is 21.6 Å². The van der Waals surface area contributed by atoms with E-state index in [4.69, 9.17) is 4.74 Å². The molecular formula is C20H19F3N2O3S2. The molecule has 0 aliphatic rings. The van der Waals surface area contributed by atoms with Gasteiger partial charge in [0.25, 0.3) is 0 Å². The highest BCUT2D eigenvalue weighted by molar-refractivity contribution is 7.98. The lowest BCUT2D eigenvalue weighted by atomic mass is 10.1. The minimum atomic E-state index is -4.62. The maximum Gasteiger partial charge on any atom is 0.435 e. The molecule has 0 amide bonds. The van der Waals surface area contributed by atoms with Gasteiger partial charge < -0.3 is 4.74 Å². The van der Waals surface area contributed by atoms with Gasteiger partial charge in [-0.15, -0.1) is 11.8 Å². The van der Waals surface area contributed by atoms with Crippen molar-refractivity contribution in [3.05, 3.63) is 59.8 Å². The molecule has 3 aromatic rings. The zero-order chi connectivity index (χ0) is 22.1. The summed E-state index contributed by atoms with van der Waals surface area (Å²) in [5.74, 6) is 0. The van der Waals surface area contributed by atoms with Crippen molar-refractivity contribution in [2.75, 3.05) is 19.6 Å². The summed E-state index contributed by atoms with van der Waals surface area (Å²) >= 11 is 1.52. The first kappa shape index (κ1) is 22.4. The van der Waals surface area contributed by atoms with Crippen LogP contribution in [0.3, 0.4) is 0 Å². The second-order valence-corrected chi connectivity index (χ2v) is 9.41. The third kappa shape index (κ3) is 4.71. The number of hydrogen-bond acceptors (Lipinski definition) is 5. The van der Waals surface area contributed by atoms with Crippen molar-refractivity contribution in [2.24, 2.45) is 0 Å². The quantitative estimate of drug-likeness (QED) is 0.497. The fraction of sp³-hybridized carbons (Fsp3) is 0.250. The Morgan fingerprint density at radius 2 is 1.77 bits per heavy atom. The number of sulfone groups is 1. The Labute approximate surface area is 176 Å². The summed E-state index contributed by atoms with van der Waals surface area (Å²) in [5.41, 5.74) is 0.396. The molecule has 0 saturated heterocycles. The Bertz CT molecular complexity index is 1160. The van der Waals surface area contributed by atoms with Crippen molar-refractivity contribution in [3.8, 4) is 16.9 Å². The van der Waals surface area contributed by atoms with E-state index in [2.05, 4.69) is 5.10 Å². The molecule has 0 fully saturated rings. The largest absolute Gasteiger partial charge is 0.435 e. The summed E-state index contributed by atoms with van der Waals surface area (Å²) in [5, 5.41) is 3.76. The topological polar surface area (TPSA) is 61.2 Å². The Hall–Kier alpha value is -2.30. The van der Waals surface area contributed by atoms with Crippen molar-refractivity contribution in [3.63, 3.8) is 0 Å². The van der Waals surface area contributed by atoms with E-state index in [0.717, 1.165) is 17.2 Å². The Morgan fingerprint density at radius 1 is 1.10 bits per heavy atom. The zero-order valence-corrected chi connectivity index (χ0v) is 18.0. The molecular weight excluding hydrogens is 437 g/mol. The Morgan fingerprint density at radius 3 is 2.30 bits per heavy atom. The van der Waals surface area contributed by atoms with Crippen LogP contribution in [0.15, 0.2) is 58.3 Å². The van der Waals surface area contributed by atoms with E-state index in [-0.39, 0.29) is 17.2 Å². The SMILES string of the molecule is COCc1cc(-n2nc(C(F)(F)F)cc2-c2ccc(SC)cc2)ccc1S(C)(=O)=O. The first-order valence-electron chi connectivity index (χ1n) is 8.68. The molecule has 1 heterocycles. The number of hydrogen-bond donors (Lipinski definition) is 0. The third-order valence-electron chi connectivity index (χ3n) is 4.37. The highest BCUT2D eigenvalue weighted by Gasteiger charge is 2.35. The monoisotopic (exact) mass is 456 g/mol. The summed E-state index contributed by atoms with van der Waals surface area (Å²) in [6.45, 7) is -0.0125. The first-order valence-corrected chi connectivity index (χ1v) is 11.8. The van der Waals surface area contributed by atoms with E-state index >= 15 is 0 Å². The number of thioether (sulfide) groups is 1. The van der Waals surface area contributed by atoms with Crippen LogP contribution in [0.1, 0.15) is 11.3 Å². The Kier molecular flexibility index (Phi) is 6.30. The van der Waals surface area contributed by atoms with Gasteiger partial charge in [-0.05, 0) is 48.2 Å². The number of nitrogens with zero attached hydrogens (tertiary/aromatic N) is 2. The van der Waals surface area contributed by atoms with Gasteiger partial charge >= 0.3 is 6.18 Å². The normalized spacial score (nSPS) is 12.3. The molecule has 3 rings (SSSR count). The minimum absolute atomic E-state index is 0.0125. The number of ether oxygens (including phenoxy) is 1. The van der Waals surface area contributed by atoms with Gasteiger partial charge in [0.15, 0.2) is 15.5 Å². The average Bonchev–Trinajstić information content (AvgIpc) is 3.13. The van der Waals surface area contributed by atoms with E-state index in [1.54, 1.807) is 12.1 Å². The molecule has 0 aliphatic carbocycles. The lowest BCUT2D eigenvalue weighted by Gasteiger charge is -2.13. The van der Waals surface area contributed by atoms with Gasteiger partial charge in [0.2, 0.25) is 0 Å². The highest BCUT2D eigenvalue weighted by atomic mass is 32.2. The third-order valence-corrected chi connectivity index (χ3v) is 6.31. The van der Waals surface area contributed by atoms with E-state index in [0.29, 0.717) is 16.8 Å². The fourth-order valence-electron chi connectivity index (χ4n) is 3.01. The Balaban J connectivity index is 2.21. The molecule has 30 heavy (non-hydrogen) atoms. The second-order valence-electron chi connectivity index (χ2n) is 6.55. The molecule has 2 aromatic carbocycles. The predicted molar refractivity (Wildman–Crippen MR) is 110 cm³/mol. The molecule has 0 unspecified atom stereocenters. The molecule has 0 N–H and O–H groups in total.